The number of rotatable bonds is 16. The highest BCUT2D eigenvalue weighted by molar-refractivity contribution is 7.90. The van der Waals surface area contributed by atoms with Crippen LogP contribution in [0, 0.1) is 29.6 Å². The number of ether oxygens (including phenoxy) is 2. The summed E-state index contributed by atoms with van der Waals surface area (Å²) >= 11 is 0. The van der Waals surface area contributed by atoms with Crippen LogP contribution in [0.2, 0.25) is 0 Å². The number of carbonyl (C=O) groups is 2. The first-order chi connectivity index (χ1) is 36.2. The van der Waals surface area contributed by atoms with E-state index in [9.17, 15) is 52.8 Å². The molecule has 1 aromatic carbocycles. The summed E-state index contributed by atoms with van der Waals surface area (Å²) in [6.07, 6.45) is -2.09. The maximum atomic E-state index is 13.1. The van der Waals surface area contributed by atoms with Crippen molar-refractivity contribution >= 4 is 64.7 Å². The van der Waals surface area contributed by atoms with Gasteiger partial charge in [0, 0.05) is 42.1 Å². The number of hydrogen-bond acceptors (Lipinski definition) is 14. The minimum absolute atomic E-state index is 0. The largest absolute Gasteiger partial charge is 1.00 e. The first-order valence-electron chi connectivity index (χ1n) is 25.4. The van der Waals surface area contributed by atoms with Crippen molar-refractivity contribution in [3.63, 3.8) is 0 Å². The molecule has 450 valence electrons. The zero-order chi connectivity index (χ0) is 57.3. The normalized spacial score (nSPS) is 19.1. The van der Waals surface area contributed by atoms with Crippen LogP contribution in [-0.2, 0) is 20.0 Å². The van der Waals surface area contributed by atoms with Crippen LogP contribution in [0.3, 0.4) is 0 Å². The molecule has 4 aromatic heterocycles. The second kappa shape index (κ2) is 25.9. The number of pyridine rings is 2. The van der Waals surface area contributed by atoms with Gasteiger partial charge in [-0.15, -0.1) is 10.2 Å². The minimum atomic E-state index is -4.23. The van der Waals surface area contributed by atoms with Crippen LogP contribution in [0.15, 0.2) is 84.0 Å². The Labute approximate surface area is 481 Å². The van der Waals surface area contributed by atoms with Crippen LogP contribution in [0.5, 0.6) is 11.8 Å². The predicted octanol–water partition coefficient (Wildman–Crippen LogP) is 6.12. The first-order valence-corrected chi connectivity index (χ1v) is 28.8. The van der Waals surface area contributed by atoms with Crippen LogP contribution in [-0.4, -0.2) is 114 Å². The third-order valence-electron chi connectivity index (χ3n) is 14.3. The molecule has 2 saturated heterocycles. The van der Waals surface area contributed by atoms with E-state index in [1.807, 2.05) is 28.2 Å². The number of halogens is 7. The van der Waals surface area contributed by atoms with Gasteiger partial charge in [-0.25, -0.2) is 45.6 Å². The third kappa shape index (κ3) is 17.2. The van der Waals surface area contributed by atoms with Gasteiger partial charge in [0.1, 0.15) is 5.82 Å². The van der Waals surface area contributed by atoms with Crippen molar-refractivity contribution in [3.05, 3.63) is 95.9 Å². The van der Waals surface area contributed by atoms with Crippen molar-refractivity contribution in [1.29, 1.82) is 0 Å². The Bertz CT molecular complexity index is 3190. The van der Waals surface area contributed by atoms with E-state index in [-0.39, 0.29) is 122 Å². The second-order valence-electron chi connectivity index (χ2n) is 22.1. The van der Waals surface area contributed by atoms with Crippen molar-refractivity contribution in [3.8, 4) is 23.4 Å². The highest BCUT2D eigenvalue weighted by Gasteiger charge is 2.63. The fraction of sp³-hybridized carbons (Fsp3) is 0.538. The number of sulfonamides is 2. The van der Waals surface area contributed by atoms with Gasteiger partial charge in [0.25, 0.3) is 21.8 Å². The van der Waals surface area contributed by atoms with Gasteiger partial charge in [-0.2, -0.15) is 53.3 Å². The van der Waals surface area contributed by atoms with Gasteiger partial charge in [-0.3, -0.25) is 9.59 Å². The van der Waals surface area contributed by atoms with Crippen molar-refractivity contribution in [1.82, 2.24) is 44.3 Å². The van der Waals surface area contributed by atoms with Gasteiger partial charge in [0.2, 0.25) is 21.8 Å². The zero-order valence-corrected chi connectivity index (χ0v) is 49.6. The summed E-state index contributed by atoms with van der Waals surface area (Å²) in [4.78, 5) is 36.2. The van der Waals surface area contributed by atoms with E-state index < -0.39 is 55.0 Å². The van der Waals surface area contributed by atoms with Crippen LogP contribution < -0.4 is 33.8 Å². The summed E-state index contributed by atoms with van der Waals surface area (Å²) in [6, 6.07) is 16.4. The number of benzene rings is 1. The highest BCUT2D eigenvalue weighted by atomic mass is 32.2. The van der Waals surface area contributed by atoms with Crippen molar-refractivity contribution in [2.45, 2.75) is 128 Å². The maximum absolute atomic E-state index is 13.1. The Morgan fingerprint density at radius 2 is 1.17 bits per heavy atom. The monoisotopic (exact) mass is 1220 g/mol. The number of amides is 2. The molecule has 9 rings (SSSR count). The molecule has 0 spiro atoms. The Morgan fingerprint density at radius 3 is 1.57 bits per heavy atom. The Balaban J connectivity index is 0.000000296. The van der Waals surface area contributed by atoms with E-state index in [1.165, 1.54) is 77.1 Å². The number of carbonyl (C=O) groups excluding carboxylic acids is 2. The molecule has 3 N–H and O–H groups in total. The molecule has 0 unspecified atom stereocenters. The van der Waals surface area contributed by atoms with Crippen molar-refractivity contribution in [2.24, 2.45) is 22.7 Å². The number of anilines is 1. The van der Waals surface area contributed by atoms with Crippen molar-refractivity contribution < 1.29 is 66.9 Å². The van der Waals surface area contributed by atoms with Crippen LogP contribution in [0.4, 0.5) is 32.2 Å². The molecule has 2 saturated carbocycles. The van der Waals surface area contributed by atoms with Gasteiger partial charge < -0.3 is 24.4 Å². The summed E-state index contributed by atoms with van der Waals surface area (Å²) in [6.45, 7) is 16.1. The van der Waals surface area contributed by atoms with E-state index in [1.54, 1.807) is 31.3 Å². The molecule has 4 fully saturated rings. The molecule has 18 nitrogen and oxygen atoms in total. The lowest BCUT2D eigenvalue weighted by Gasteiger charge is -2.33. The lowest BCUT2D eigenvalue weighted by atomic mass is 9.97. The van der Waals surface area contributed by atoms with Gasteiger partial charge in [0.15, 0.2) is 11.6 Å². The molecule has 2 atom stereocenters. The molecule has 6 heterocycles. The number of nitrogens with one attached hydrogen (secondary N) is 3. The molecular formula is C52H70F7N10O8S4-. The Kier molecular flexibility index (Phi) is 21.7. The van der Waals surface area contributed by atoms with Crippen LogP contribution in [0.1, 0.15) is 119 Å². The maximum Gasteiger partial charge on any atom is 0.394 e. The lowest BCUT2D eigenvalue weighted by molar-refractivity contribution is -0.190. The molecule has 0 bridgehead atoms. The summed E-state index contributed by atoms with van der Waals surface area (Å²) < 4.78 is 144. The smallest absolute Gasteiger partial charge is 0.394 e. The molecule has 81 heavy (non-hydrogen) atoms. The average molecular weight is 1220 g/mol. The van der Waals surface area contributed by atoms with Gasteiger partial charge in [-0.1, -0.05) is 32.0 Å². The number of nitrogens with zero attached hydrogens (tertiary/aromatic N) is 7. The average Bonchev–Trinajstić information content (AvgIpc) is 4.12. The summed E-state index contributed by atoms with van der Waals surface area (Å²) in [5, 5.41) is 11.9. The summed E-state index contributed by atoms with van der Waals surface area (Å²) in [5.41, 5.74) is -2.77. The van der Waals surface area contributed by atoms with Crippen LogP contribution in [0.25, 0.3) is 11.6 Å². The van der Waals surface area contributed by atoms with Crippen molar-refractivity contribution in [2.75, 3.05) is 37.5 Å². The van der Waals surface area contributed by atoms with E-state index in [0.717, 1.165) is 18.6 Å². The fourth-order valence-electron chi connectivity index (χ4n) is 9.73. The zero-order valence-electron chi connectivity index (χ0n) is 46.0. The topological polar surface area (TPSA) is 222 Å². The molecule has 2 amide bonds. The molecule has 5 aromatic rings. The number of aryl methyl sites for hydroxylation is 1. The molecular weight excluding hydrogens is 1150 g/mol. The second-order valence-corrected chi connectivity index (χ2v) is 25.5. The predicted molar refractivity (Wildman–Crippen MR) is 298 cm³/mol. The quantitative estimate of drug-likeness (QED) is 0.0948. The van der Waals surface area contributed by atoms with E-state index in [2.05, 4.69) is 53.2 Å². The lowest BCUT2D eigenvalue weighted by Crippen LogP contribution is -3.00. The Hall–Kier alpha value is -5.65. The minimum Gasteiger partial charge on any atom is -1.00 e. The molecule has 4 aliphatic rings. The van der Waals surface area contributed by atoms with E-state index >= 15 is 0 Å². The molecule has 2 aliphatic heterocycles. The molecule has 29 heteroatoms. The van der Waals surface area contributed by atoms with Crippen LogP contribution >= 0.6 is 27.0 Å². The van der Waals surface area contributed by atoms with E-state index in [0.29, 0.717) is 35.5 Å². The molecule has 0 radical (unpaired) electrons. The van der Waals surface area contributed by atoms with Gasteiger partial charge in [0.05, 0.1) is 52.0 Å². The number of hydrogen-bond donors (Lipinski definition) is 3. The standard InChI is InChI=1S/C23H30F3N5O4S.C22H21F3N4O4S.C7H15N.FH.2H2S/c1-15-13-21(2,3)30(14-15)19-16(20(32)29-36(4,33)34)5-6-17(27-19)31-11-7-18(28-31)35-12-10-22(8-9-22)23(24,25)26;1-15-17(20(30)28-34(31,32)16-5-3-2-4-6-16)7-8-18(26-15)29-13-9-19(27-29)33-14-12-21(10-11-21)22(23,24)25;1-6-4-7(2,3)8-5-6;;;/h5-7,11,15H,8-10,12-14H2,1-4H3,(H,29,32);2-9,13H,10-12,14H2,1H3,(H,28,30);6,8H,4-5H2,1-3H3;1H;2*1H2/p-1/t15-;;6-;;;/m0.0.../s1. The number of aromatic nitrogens is 6. The first kappa shape index (κ1) is 67.9. The number of alkyl halides is 6. The van der Waals surface area contributed by atoms with Gasteiger partial charge in [-0.05, 0) is 141 Å². The third-order valence-corrected chi connectivity index (χ3v) is 16.2. The summed E-state index contributed by atoms with van der Waals surface area (Å²) in [5.74, 6) is 0.885. The highest BCUT2D eigenvalue weighted by Crippen LogP contribution is 2.60. The SMILES string of the molecule is C[C@@H]1CN(c2nc(-n3ccc(OCCC4(C(F)(F)F)CC4)n3)ccc2C(=O)NS(C)(=O)=O)C(C)(C)C1.C[C@@H]1CNC(C)(C)C1.Cc1nc(-n2ccc(OCCC3(C(F)(F)F)CC3)n2)ccc1C(=O)NS(=O)(=O)c1ccccc1.S.S.[F-]. The van der Waals surface area contributed by atoms with E-state index in [4.69, 9.17) is 9.47 Å². The molecule has 2 aliphatic carbocycles. The summed E-state index contributed by atoms with van der Waals surface area (Å²) in [7, 11) is -7.82. The Morgan fingerprint density at radius 1 is 0.691 bits per heavy atom. The van der Waals surface area contributed by atoms with Gasteiger partial charge >= 0.3 is 12.4 Å². The fourth-order valence-corrected chi connectivity index (χ4v) is 11.2.